The Morgan fingerprint density at radius 2 is 1.95 bits per heavy atom. The smallest absolute Gasteiger partial charge is 0.244 e. The van der Waals surface area contributed by atoms with Crippen molar-refractivity contribution in [3.8, 4) is 0 Å². The molecule has 2 N–H and O–H groups in total. The van der Waals surface area contributed by atoms with Gasteiger partial charge in [-0.25, -0.2) is 13.1 Å². The van der Waals surface area contributed by atoms with Crippen molar-refractivity contribution in [1.82, 2.24) is 10.0 Å². The van der Waals surface area contributed by atoms with E-state index in [1.54, 1.807) is 28.0 Å². The average molecular weight is 304 g/mol. The molecule has 0 aliphatic rings. The lowest BCUT2D eigenvalue weighted by atomic mass is 10.2. The van der Waals surface area contributed by atoms with E-state index in [2.05, 4.69) is 10.0 Å². The number of methoxy groups -OCH3 is 1. The maximum absolute atomic E-state index is 12.6. The molecule has 1 rings (SSSR count). The Kier molecular flexibility index (Phi) is 6.19. The second-order valence-electron chi connectivity index (χ2n) is 4.73. The van der Waals surface area contributed by atoms with Crippen molar-refractivity contribution in [2.75, 3.05) is 20.8 Å². The van der Waals surface area contributed by atoms with Crippen LogP contribution in [0.25, 0.3) is 0 Å². The van der Waals surface area contributed by atoms with Crippen LogP contribution in [0.2, 0.25) is 0 Å². The summed E-state index contributed by atoms with van der Waals surface area (Å²) in [5, 5.41) is 2.97. The third kappa shape index (κ3) is 3.82. The molecule has 1 aromatic rings. The first-order valence-electron chi connectivity index (χ1n) is 6.62. The molecule has 0 radical (unpaired) electrons. The first-order chi connectivity index (χ1) is 9.37. The lowest BCUT2D eigenvalue weighted by molar-refractivity contribution is 0.173. The summed E-state index contributed by atoms with van der Waals surface area (Å²) >= 11 is 0. The van der Waals surface area contributed by atoms with Gasteiger partial charge in [-0.1, -0.05) is 6.92 Å². The highest BCUT2D eigenvalue weighted by Gasteiger charge is 2.28. The van der Waals surface area contributed by atoms with Crippen molar-refractivity contribution in [2.24, 2.45) is 0 Å². The van der Waals surface area contributed by atoms with Crippen LogP contribution in [0.1, 0.15) is 30.4 Å². The van der Waals surface area contributed by atoms with E-state index >= 15 is 0 Å². The maximum atomic E-state index is 12.6. The number of sulfonamides is 1. The highest BCUT2D eigenvalue weighted by Crippen LogP contribution is 2.26. The van der Waals surface area contributed by atoms with Gasteiger partial charge < -0.3 is 14.5 Å². The SMILES string of the molecule is CCC(COC)NS(=O)(=O)c1c(C)oc(C)c1CNC. The van der Waals surface area contributed by atoms with Crippen LogP contribution in [0.4, 0.5) is 0 Å². The van der Waals surface area contributed by atoms with Gasteiger partial charge in [-0.2, -0.15) is 0 Å². The van der Waals surface area contributed by atoms with Crippen molar-refractivity contribution in [1.29, 1.82) is 0 Å². The first kappa shape index (κ1) is 17.2. The molecule has 0 bridgehead atoms. The van der Waals surface area contributed by atoms with Gasteiger partial charge >= 0.3 is 0 Å². The molecule has 1 atom stereocenters. The number of nitrogens with one attached hydrogen (secondary N) is 2. The number of hydrogen-bond donors (Lipinski definition) is 2. The summed E-state index contributed by atoms with van der Waals surface area (Å²) < 4.78 is 38.3. The molecule has 6 nitrogen and oxygen atoms in total. The van der Waals surface area contributed by atoms with Crippen LogP contribution in [0.15, 0.2) is 9.31 Å². The molecule has 1 aromatic heterocycles. The molecule has 0 amide bonds. The normalized spacial score (nSPS) is 13.7. The zero-order valence-electron chi connectivity index (χ0n) is 12.7. The fraction of sp³-hybridized carbons (Fsp3) is 0.692. The third-order valence-electron chi connectivity index (χ3n) is 3.13. The van der Waals surface area contributed by atoms with E-state index in [9.17, 15) is 8.42 Å². The number of hydrogen-bond acceptors (Lipinski definition) is 5. The van der Waals surface area contributed by atoms with Crippen molar-refractivity contribution >= 4 is 10.0 Å². The molecular formula is C13H24N2O4S. The number of aryl methyl sites for hydroxylation is 2. The van der Waals surface area contributed by atoms with E-state index < -0.39 is 10.0 Å². The average Bonchev–Trinajstić information content (AvgIpc) is 2.64. The topological polar surface area (TPSA) is 80.6 Å². The van der Waals surface area contributed by atoms with Gasteiger partial charge in [0.25, 0.3) is 0 Å². The Labute approximate surface area is 120 Å². The van der Waals surface area contributed by atoms with E-state index in [1.165, 1.54) is 0 Å². The zero-order chi connectivity index (χ0) is 15.3. The Morgan fingerprint density at radius 1 is 1.30 bits per heavy atom. The number of rotatable bonds is 8. The van der Waals surface area contributed by atoms with E-state index in [0.29, 0.717) is 36.7 Å². The molecular weight excluding hydrogens is 280 g/mol. The highest BCUT2D eigenvalue weighted by molar-refractivity contribution is 7.89. The first-order valence-corrected chi connectivity index (χ1v) is 8.10. The monoisotopic (exact) mass is 304 g/mol. The van der Waals surface area contributed by atoms with Gasteiger partial charge in [0.15, 0.2) is 0 Å². The van der Waals surface area contributed by atoms with Crippen LogP contribution in [-0.2, 0) is 21.3 Å². The molecule has 0 fully saturated rings. The summed E-state index contributed by atoms with van der Waals surface area (Å²) in [6.45, 7) is 6.13. The second-order valence-corrected chi connectivity index (χ2v) is 6.39. The van der Waals surface area contributed by atoms with Crippen LogP contribution < -0.4 is 10.0 Å². The van der Waals surface area contributed by atoms with Gasteiger partial charge in [-0.15, -0.1) is 0 Å². The minimum Gasteiger partial charge on any atom is -0.465 e. The van der Waals surface area contributed by atoms with Crippen molar-refractivity contribution in [2.45, 2.75) is 44.7 Å². The molecule has 20 heavy (non-hydrogen) atoms. The Balaban J connectivity index is 3.14. The predicted octanol–water partition coefficient (Wildman–Crippen LogP) is 1.32. The van der Waals surface area contributed by atoms with Gasteiger partial charge in [-0.05, 0) is 27.3 Å². The van der Waals surface area contributed by atoms with Gasteiger partial charge in [0.1, 0.15) is 16.4 Å². The Hall–Kier alpha value is -0.890. The van der Waals surface area contributed by atoms with Crippen LogP contribution in [-0.4, -0.2) is 35.2 Å². The summed E-state index contributed by atoms with van der Waals surface area (Å²) in [6, 6.07) is -0.248. The van der Waals surface area contributed by atoms with Gasteiger partial charge in [0.05, 0.1) is 6.61 Å². The lowest BCUT2D eigenvalue weighted by Crippen LogP contribution is -2.38. The van der Waals surface area contributed by atoms with Crippen LogP contribution in [0, 0.1) is 13.8 Å². The molecule has 1 unspecified atom stereocenters. The minimum absolute atomic E-state index is 0.235. The molecule has 0 aliphatic heterocycles. The molecule has 7 heteroatoms. The molecule has 0 aromatic carbocycles. The van der Waals surface area contributed by atoms with E-state index in [1.807, 2.05) is 6.92 Å². The fourth-order valence-corrected chi connectivity index (χ4v) is 3.91. The van der Waals surface area contributed by atoms with Gasteiger partial charge in [0, 0.05) is 25.3 Å². The Morgan fingerprint density at radius 3 is 2.45 bits per heavy atom. The molecule has 1 heterocycles. The Bertz CT molecular complexity index is 537. The van der Waals surface area contributed by atoms with Crippen molar-refractivity contribution < 1.29 is 17.6 Å². The lowest BCUT2D eigenvalue weighted by Gasteiger charge is -2.16. The fourth-order valence-electron chi connectivity index (χ4n) is 2.16. The van der Waals surface area contributed by atoms with Crippen LogP contribution >= 0.6 is 0 Å². The number of ether oxygens (including phenoxy) is 1. The van der Waals surface area contributed by atoms with Crippen molar-refractivity contribution in [3.63, 3.8) is 0 Å². The summed E-state index contributed by atoms with van der Waals surface area (Å²) in [5.74, 6) is 1.03. The summed E-state index contributed by atoms with van der Waals surface area (Å²) in [4.78, 5) is 0.235. The van der Waals surface area contributed by atoms with E-state index in [0.717, 1.165) is 0 Å². The summed E-state index contributed by atoms with van der Waals surface area (Å²) in [7, 11) is -0.299. The standard InChI is InChI=1S/C13H24N2O4S/c1-6-11(8-18-5)15-20(16,17)13-10(3)19-9(2)12(13)7-14-4/h11,14-15H,6-8H2,1-5H3. The summed E-state index contributed by atoms with van der Waals surface area (Å²) in [6.07, 6.45) is 0.657. The second kappa shape index (κ2) is 7.21. The van der Waals surface area contributed by atoms with Gasteiger partial charge in [0.2, 0.25) is 10.0 Å². The van der Waals surface area contributed by atoms with Crippen molar-refractivity contribution in [3.05, 3.63) is 17.1 Å². The van der Waals surface area contributed by atoms with Gasteiger partial charge in [-0.3, -0.25) is 0 Å². The number of furan rings is 1. The molecule has 0 spiro atoms. The molecule has 0 saturated heterocycles. The summed E-state index contributed by atoms with van der Waals surface area (Å²) in [5.41, 5.74) is 0.671. The predicted molar refractivity (Wildman–Crippen MR) is 77.2 cm³/mol. The van der Waals surface area contributed by atoms with Crippen LogP contribution in [0.3, 0.4) is 0 Å². The molecule has 0 saturated carbocycles. The van der Waals surface area contributed by atoms with E-state index in [-0.39, 0.29) is 10.9 Å². The minimum atomic E-state index is -3.62. The largest absolute Gasteiger partial charge is 0.465 e. The zero-order valence-corrected chi connectivity index (χ0v) is 13.6. The third-order valence-corrected chi connectivity index (χ3v) is 4.84. The van der Waals surface area contributed by atoms with E-state index in [4.69, 9.17) is 9.15 Å². The van der Waals surface area contributed by atoms with Crippen LogP contribution in [0.5, 0.6) is 0 Å². The molecule has 0 aliphatic carbocycles. The quantitative estimate of drug-likeness (QED) is 0.757. The molecule has 116 valence electrons. The maximum Gasteiger partial charge on any atom is 0.244 e. The highest BCUT2D eigenvalue weighted by atomic mass is 32.2.